The summed E-state index contributed by atoms with van der Waals surface area (Å²) in [6.07, 6.45) is 1.07. The van der Waals surface area contributed by atoms with E-state index in [4.69, 9.17) is 0 Å². The number of thiophene rings is 1. The molecule has 124 valence electrons. The smallest absolute Gasteiger partial charge is 0.248 e. The molecule has 0 saturated heterocycles. The fourth-order valence-corrected chi connectivity index (χ4v) is 3.93. The number of aromatic nitrogens is 2. The number of hydrogen-bond acceptors (Lipinski definition) is 6. The maximum atomic E-state index is 11.8. The van der Waals surface area contributed by atoms with E-state index in [1.54, 1.807) is 18.3 Å². The number of nitrogens with one attached hydrogen (secondary N) is 2. The van der Waals surface area contributed by atoms with E-state index in [9.17, 15) is 9.59 Å². The maximum Gasteiger partial charge on any atom is 0.248 e. The molecule has 0 fully saturated rings. The van der Waals surface area contributed by atoms with Crippen LogP contribution >= 0.6 is 23.1 Å². The number of amides is 2. The van der Waals surface area contributed by atoms with Gasteiger partial charge >= 0.3 is 0 Å². The number of nitrogens with zero attached hydrogens (tertiary/aromatic N) is 2. The minimum Gasteiger partial charge on any atom is -0.273 e. The highest BCUT2D eigenvalue weighted by Gasteiger charge is 2.15. The van der Waals surface area contributed by atoms with Gasteiger partial charge in [0.25, 0.3) is 0 Å². The fourth-order valence-electron chi connectivity index (χ4n) is 1.92. The van der Waals surface area contributed by atoms with Gasteiger partial charge in [-0.15, -0.1) is 11.3 Å². The second kappa shape index (κ2) is 7.74. The summed E-state index contributed by atoms with van der Waals surface area (Å²) in [5.74, 6) is 0.491. The monoisotopic (exact) mass is 352 g/mol. The Bertz CT molecular complexity index is 743. The normalized spacial score (nSPS) is 10.8. The standard InChI is InChI=1S/C15H20N4O2S2/c1-5-10-16-14(13-8(3)9(4)23-15(13)17-10)22-7-12(21)19-18-11(20)6-2/h5-7H2,1-4H3,(H,18,20)(H,19,21). The Labute approximate surface area is 143 Å². The van der Waals surface area contributed by atoms with E-state index in [-0.39, 0.29) is 17.6 Å². The van der Waals surface area contributed by atoms with Gasteiger partial charge in [-0.3, -0.25) is 20.4 Å². The van der Waals surface area contributed by atoms with Crippen LogP contribution in [0, 0.1) is 13.8 Å². The van der Waals surface area contributed by atoms with Crippen LogP contribution in [0.15, 0.2) is 5.03 Å². The third kappa shape index (κ3) is 4.20. The average molecular weight is 352 g/mol. The molecule has 0 aromatic carbocycles. The van der Waals surface area contributed by atoms with Crippen molar-refractivity contribution in [3.63, 3.8) is 0 Å². The van der Waals surface area contributed by atoms with E-state index in [0.717, 1.165) is 33.1 Å². The van der Waals surface area contributed by atoms with E-state index in [2.05, 4.69) is 34.7 Å². The molecule has 2 aromatic rings. The molecule has 8 heteroatoms. The summed E-state index contributed by atoms with van der Waals surface area (Å²) < 4.78 is 0. The Kier molecular flexibility index (Phi) is 5.95. The molecule has 2 aromatic heterocycles. The zero-order valence-corrected chi connectivity index (χ0v) is 15.3. The molecule has 0 aliphatic carbocycles. The molecule has 0 bridgehead atoms. The topological polar surface area (TPSA) is 84.0 Å². The summed E-state index contributed by atoms with van der Waals surface area (Å²) >= 11 is 3.02. The summed E-state index contributed by atoms with van der Waals surface area (Å²) in [7, 11) is 0. The quantitative estimate of drug-likeness (QED) is 0.491. The van der Waals surface area contributed by atoms with Crippen molar-refractivity contribution in [3.05, 3.63) is 16.3 Å². The summed E-state index contributed by atoms with van der Waals surface area (Å²) in [4.78, 5) is 34.3. The van der Waals surface area contributed by atoms with Crippen molar-refractivity contribution < 1.29 is 9.59 Å². The molecule has 2 amide bonds. The molecule has 0 spiro atoms. The van der Waals surface area contributed by atoms with Crippen LogP contribution in [0.25, 0.3) is 10.2 Å². The van der Waals surface area contributed by atoms with Crippen LogP contribution < -0.4 is 10.9 Å². The molecule has 23 heavy (non-hydrogen) atoms. The number of hydrogen-bond donors (Lipinski definition) is 2. The van der Waals surface area contributed by atoms with Gasteiger partial charge in [-0.25, -0.2) is 9.97 Å². The van der Waals surface area contributed by atoms with Crippen molar-refractivity contribution in [2.75, 3.05) is 5.75 Å². The lowest BCUT2D eigenvalue weighted by Gasteiger charge is -2.07. The van der Waals surface area contributed by atoms with Gasteiger partial charge in [0.1, 0.15) is 15.7 Å². The van der Waals surface area contributed by atoms with E-state index in [0.29, 0.717) is 6.42 Å². The zero-order valence-electron chi connectivity index (χ0n) is 13.6. The highest BCUT2D eigenvalue weighted by molar-refractivity contribution is 8.00. The van der Waals surface area contributed by atoms with Crippen molar-refractivity contribution in [1.82, 2.24) is 20.8 Å². The first-order valence-corrected chi connectivity index (χ1v) is 9.23. The Morgan fingerprint density at radius 1 is 1.13 bits per heavy atom. The molecule has 0 atom stereocenters. The third-order valence-electron chi connectivity index (χ3n) is 3.36. The van der Waals surface area contributed by atoms with Crippen LogP contribution in [0.5, 0.6) is 0 Å². The predicted octanol–water partition coefficient (Wildman–Crippen LogP) is 2.52. The molecule has 0 radical (unpaired) electrons. The van der Waals surface area contributed by atoms with Gasteiger partial charge in [-0.1, -0.05) is 25.6 Å². The lowest BCUT2D eigenvalue weighted by Crippen LogP contribution is -2.42. The molecule has 0 unspecified atom stereocenters. The number of rotatable bonds is 5. The predicted molar refractivity (Wildman–Crippen MR) is 93.6 cm³/mol. The lowest BCUT2D eigenvalue weighted by atomic mass is 10.2. The zero-order chi connectivity index (χ0) is 17.0. The van der Waals surface area contributed by atoms with Crippen LogP contribution in [0.1, 0.15) is 36.5 Å². The van der Waals surface area contributed by atoms with Gasteiger partial charge in [0.05, 0.1) is 5.75 Å². The van der Waals surface area contributed by atoms with Crippen LogP contribution in [0.3, 0.4) is 0 Å². The number of fused-ring (bicyclic) bond motifs is 1. The van der Waals surface area contributed by atoms with Crippen LogP contribution in [0.2, 0.25) is 0 Å². The van der Waals surface area contributed by atoms with Crippen LogP contribution in [-0.4, -0.2) is 27.5 Å². The maximum absolute atomic E-state index is 11.8. The van der Waals surface area contributed by atoms with Crippen molar-refractivity contribution >= 4 is 45.1 Å². The number of thioether (sulfide) groups is 1. The van der Waals surface area contributed by atoms with Crippen LogP contribution in [0.4, 0.5) is 0 Å². The van der Waals surface area contributed by atoms with Gasteiger partial charge in [-0.05, 0) is 19.4 Å². The van der Waals surface area contributed by atoms with E-state index >= 15 is 0 Å². The van der Waals surface area contributed by atoms with Gasteiger partial charge in [-0.2, -0.15) is 0 Å². The van der Waals surface area contributed by atoms with Gasteiger partial charge in [0.15, 0.2) is 0 Å². The molecule has 2 N–H and O–H groups in total. The van der Waals surface area contributed by atoms with E-state index < -0.39 is 0 Å². The SMILES string of the molecule is CCC(=O)NNC(=O)CSc1nc(CC)nc2sc(C)c(C)c12. The van der Waals surface area contributed by atoms with Crippen molar-refractivity contribution in [1.29, 1.82) is 0 Å². The molecular formula is C15H20N4O2S2. The van der Waals surface area contributed by atoms with E-state index in [1.807, 2.05) is 6.92 Å². The number of carbonyl (C=O) groups is 2. The highest BCUT2D eigenvalue weighted by Crippen LogP contribution is 2.35. The number of carbonyl (C=O) groups excluding carboxylic acids is 2. The molecular weight excluding hydrogens is 332 g/mol. The first kappa shape index (κ1) is 17.7. The summed E-state index contributed by atoms with van der Waals surface area (Å²) in [5, 5.41) is 1.85. The Hall–Kier alpha value is -1.67. The second-order valence-electron chi connectivity index (χ2n) is 5.00. The molecule has 2 rings (SSSR count). The average Bonchev–Trinajstić information content (AvgIpc) is 2.84. The molecule has 0 aliphatic rings. The van der Waals surface area contributed by atoms with Crippen molar-refractivity contribution in [3.8, 4) is 0 Å². The second-order valence-corrected chi connectivity index (χ2v) is 7.17. The largest absolute Gasteiger partial charge is 0.273 e. The Balaban J connectivity index is 2.15. The van der Waals surface area contributed by atoms with Gasteiger partial charge < -0.3 is 0 Å². The third-order valence-corrected chi connectivity index (χ3v) is 5.44. The molecule has 0 aliphatic heterocycles. The first-order chi connectivity index (χ1) is 11.0. The molecule has 0 saturated carbocycles. The van der Waals surface area contributed by atoms with Crippen molar-refractivity contribution in [2.24, 2.45) is 0 Å². The lowest BCUT2D eigenvalue weighted by molar-refractivity contribution is -0.127. The highest BCUT2D eigenvalue weighted by atomic mass is 32.2. The number of hydrazine groups is 1. The number of aryl methyl sites for hydroxylation is 3. The summed E-state index contributed by atoms with van der Waals surface area (Å²) in [5.41, 5.74) is 5.92. The molecule has 2 heterocycles. The Morgan fingerprint density at radius 2 is 1.83 bits per heavy atom. The van der Waals surface area contributed by atoms with Crippen LogP contribution in [-0.2, 0) is 16.0 Å². The van der Waals surface area contributed by atoms with E-state index in [1.165, 1.54) is 16.6 Å². The minimum absolute atomic E-state index is 0.188. The van der Waals surface area contributed by atoms with Gasteiger partial charge in [0.2, 0.25) is 11.8 Å². The Morgan fingerprint density at radius 3 is 2.48 bits per heavy atom. The summed E-state index contributed by atoms with van der Waals surface area (Å²) in [6, 6.07) is 0. The fraction of sp³-hybridized carbons (Fsp3) is 0.467. The van der Waals surface area contributed by atoms with Gasteiger partial charge in [0, 0.05) is 23.1 Å². The molecule has 6 nitrogen and oxygen atoms in total. The first-order valence-electron chi connectivity index (χ1n) is 7.43. The summed E-state index contributed by atoms with van der Waals surface area (Å²) in [6.45, 7) is 7.85. The van der Waals surface area contributed by atoms with Crippen molar-refractivity contribution in [2.45, 2.75) is 45.6 Å². The minimum atomic E-state index is -0.258.